The molecule has 0 saturated carbocycles. The molecule has 21 heavy (non-hydrogen) atoms. The number of esters is 2. The summed E-state index contributed by atoms with van der Waals surface area (Å²) >= 11 is 0. The number of nitrogens with zero attached hydrogens (tertiary/aromatic N) is 1. The lowest BCUT2D eigenvalue weighted by Gasteiger charge is -2.32. The maximum absolute atomic E-state index is 12.2. The third-order valence-corrected chi connectivity index (χ3v) is 3.92. The molecule has 121 valence electrons. The second-order valence-corrected chi connectivity index (χ2v) is 7.78. The third-order valence-electron chi connectivity index (χ3n) is 3.92. The summed E-state index contributed by atoms with van der Waals surface area (Å²) in [7, 11) is 0. The van der Waals surface area contributed by atoms with Crippen LogP contribution in [0.3, 0.4) is 0 Å². The van der Waals surface area contributed by atoms with E-state index in [0.717, 1.165) is 5.06 Å². The van der Waals surface area contributed by atoms with Crippen LogP contribution in [0.25, 0.3) is 0 Å². The van der Waals surface area contributed by atoms with Gasteiger partial charge in [0.2, 0.25) is 6.79 Å². The number of hydrogen-bond donors (Lipinski definition) is 0. The lowest BCUT2D eigenvalue weighted by Crippen LogP contribution is -2.47. The lowest BCUT2D eigenvalue weighted by molar-refractivity contribution is -0.249. The Labute approximate surface area is 126 Å². The van der Waals surface area contributed by atoms with Gasteiger partial charge in [-0.05, 0) is 54.9 Å². The molecule has 0 aliphatic carbocycles. The number of carbonyl (C=O) groups is 2. The van der Waals surface area contributed by atoms with Crippen LogP contribution < -0.4 is 0 Å². The van der Waals surface area contributed by atoms with Crippen LogP contribution >= 0.6 is 0 Å². The molecule has 1 radical (unpaired) electrons. The highest BCUT2D eigenvalue weighted by Crippen LogP contribution is 2.44. The standard InChI is InChI=1S/C15H26NO5/c1-13(2,3)12(18)21-9-20-11(17)10-8-14(4,5)16(19)15(10,6)7/h10H,8-9H2,1-7H3. The van der Waals surface area contributed by atoms with Gasteiger partial charge in [-0.3, -0.25) is 9.59 Å². The van der Waals surface area contributed by atoms with Crippen molar-refractivity contribution in [3.8, 4) is 0 Å². The van der Waals surface area contributed by atoms with Gasteiger partial charge in [-0.25, -0.2) is 0 Å². The molecule has 6 nitrogen and oxygen atoms in total. The van der Waals surface area contributed by atoms with Gasteiger partial charge in [0.15, 0.2) is 0 Å². The van der Waals surface area contributed by atoms with Gasteiger partial charge in [0.25, 0.3) is 0 Å². The number of carbonyl (C=O) groups excluding carboxylic acids is 2. The molecule has 1 aliphatic heterocycles. The molecule has 0 aromatic heterocycles. The fraction of sp³-hybridized carbons (Fsp3) is 0.867. The maximum atomic E-state index is 12.2. The first-order valence-electron chi connectivity index (χ1n) is 7.11. The van der Waals surface area contributed by atoms with E-state index in [1.807, 2.05) is 0 Å². The summed E-state index contributed by atoms with van der Waals surface area (Å²) in [5, 5.41) is 13.2. The minimum Gasteiger partial charge on any atom is -0.428 e. The van der Waals surface area contributed by atoms with Crippen LogP contribution in [0.1, 0.15) is 54.9 Å². The first-order valence-corrected chi connectivity index (χ1v) is 7.11. The van der Waals surface area contributed by atoms with Gasteiger partial charge in [0, 0.05) is 5.54 Å². The quantitative estimate of drug-likeness (QED) is 0.590. The average Bonchev–Trinajstić information content (AvgIpc) is 2.48. The molecule has 1 unspecified atom stereocenters. The smallest absolute Gasteiger partial charge is 0.314 e. The Kier molecular flexibility index (Phi) is 4.75. The van der Waals surface area contributed by atoms with E-state index < -0.39 is 41.1 Å². The predicted molar refractivity (Wildman–Crippen MR) is 75.3 cm³/mol. The Bertz CT molecular complexity index is 422. The van der Waals surface area contributed by atoms with Gasteiger partial charge in [-0.2, -0.15) is 0 Å². The summed E-state index contributed by atoms with van der Waals surface area (Å²) < 4.78 is 9.93. The predicted octanol–water partition coefficient (Wildman–Crippen LogP) is 2.30. The fourth-order valence-corrected chi connectivity index (χ4v) is 2.58. The van der Waals surface area contributed by atoms with Crippen LogP contribution in [-0.4, -0.2) is 34.9 Å². The minimum absolute atomic E-state index is 0.412. The lowest BCUT2D eigenvalue weighted by atomic mass is 9.87. The van der Waals surface area contributed by atoms with Gasteiger partial charge in [0.1, 0.15) is 0 Å². The Balaban J connectivity index is 2.60. The fourth-order valence-electron chi connectivity index (χ4n) is 2.58. The van der Waals surface area contributed by atoms with Crippen molar-refractivity contribution in [2.75, 3.05) is 6.79 Å². The van der Waals surface area contributed by atoms with E-state index >= 15 is 0 Å². The Morgan fingerprint density at radius 2 is 1.67 bits per heavy atom. The van der Waals surface area contributed by atoms with Crippen molar-refractivity contribution in [1.82, 2.24) is 5.06 Å². The molecule has 0 aromatic rings. The van der Waals surface area contributed by atoms with Crippen molar-refractivity contribution in [2.24, 2.45) is 11.3 Å². The zero-order chi connectivity index (χ0) is 16.6. The van der Waals surface area contributed by atoms with Gasteiger partial charge >= 0.3 is 11.9 Å². The molecule has 1 fully saturated rings. The molecule has 0 amide bonds. The first kappa shape index (κ1) is 17.9. The first-order chi connectivity index (χ1) is 9.30. The molecule has 1 aliphatic rings. The minimum atomic E-state index is -0.839. The molecule has 0 N–H and O–H groups in total. The molecular formula is C15H26NO5. The van der Waals surface area contributed by atoms with E-state index in [9.17, 15) is 14.8 Å². The zero-order valence-electron chi connectivity index (χ0n) is 14.0. The van der Waals surface area contributed by atoms with E-state index in [1.165, 1.54) is 0 Å². The van der Waals surface area contributed by atoms with Crippen molar-refractivity contribution < 1.29 is 24.3 Å². The largest absolute Gasteiger partial charge is 0.428 e. The monoisotopic (exact) mass is 300 g/mol. The van der Waals surface area contributed by atoms with E-state index in [2.05, 4.69) is 0 Å². The maximum Gasteiger partial charge on any atom is 0.314 e. The molecule has 1 saturated heterocycles. The average molecular weight is 300 g/mol. The van der Waals surface area contributed by atoms with E-state index in [-0.39, 0.29) is 0 Å². The second-order valence-electron chi connectivity index (χ2n) is 7.78. The normalized spacial score (nSPS) is 24.7. The second kappa shape index (κ2) is 5.57. The van der Waals surface area contributed by atoms with Crippen molar-refractivity contribution in [2.45, 2.75) is 66.0 Å². The van der Waals surface area contributed by atoms with Crippen LogP contribution in [0.2, 0.25) is 0 Å². The highest BCUT2D eigenvalue weighted by Gasteiger charge is 2.55. The molecule has 6 heteroatoms. The summed E-state index contributed by atoms with van der Waals surface area (Å²) in [6, 6.07) is 0. The number of rotatable bonds is 3. The van der Waals surface area contributed by atoms with Crippen molar-refractivity contribution >= 4 is 11.9 Å². The Hall–Kier alpha value is -1.14. The number of ether oxygens (including phenoxy) is 2. The highest BCUT2D eigenvalue weighted by molar-refractivity contribution is 5.76. The number of hydrogen-bond acceptors (Lipinski definition) is 5. The summed E-state index contributed by atoms with van der Waals surface area (Å²) in [6.45, 7) is 11.8. The number of hydroxylamine groups is 2. The van der Waals surface area contributed by atoms with Crippen LogP contribution in [0.4, 0.5) is 0 Å². The SMILES string of the molecule is CC(C)(C)C(=O)OCOC(=O)C1CC(C)(C)N([O])C1(C)C. The van der Waals surface area contributed by atoms with Gasteiger partial charge in [0.05, 0.1) is 16.9 Å². The molecule has 1 atom stereocenters. The molecule has 0 aromatic carbocycles. The van der Waals surface area contributed by atoms with E-state index in [1.54, 1.807) is 48.5 Å². The summed E-state index contributed by atoms with van der Waals surface area (Å²) in [5.41, 5.74) is -2.10. The molecule has 1 heterocycles. The Morgan fingerprint density at radius 3 is 2.05 bits per heavy atom. The molecule has 0 bridgehead atoms. The van der Waals surface area contributed by atoms with Gasteiger partial charge in [-0.1, -0.05) is 0 Å². The topological polar surface area (TPSA) is 75.7 Å². The van der Waals surface area contributed by atoms with Crippen LogP contribution in [-0.2, 0) is 24.3 Å². The zero-order valence-corrected chi connectivity index (χ0v) is 14.0. The molecular weight excluding hydrogens is 274 g/mol. The van der Waals surface area contributed by atoms with Gasteiger partial charge in [-0.15, -0.1) is 10.3 Å². The van der Waals surface area contributed by atoms with Crippen LogP contribution in [0, 0.1) is 11.3 Å². The highest BCUT2D eigenvalue weighted by atomic mass is 16.7. The summed E-state index contributed by atoms with van der Waals surface area (Å²) in [5.74, 6) is -1.49. The van der Waals surface area contributed by atoms with E-state index in [4.69, 9.17) is 9.47 Å². The Morgan fingerprint density at radius 1 is 1.14 bits per heavy atom. The molecule has 1 rings (SSSR count). The van der Waals surface area contributed by atoms with Gasteiger partial charge < -0.3 is 9.47 Å². The summed E-state index contributed by atoms with van der Waals surface area (Å²) in [4.78, 5) is 23.7. The third kappa shape index (κ3) is 3.74. The summed E-state index contributed by atoms with van der Waals surface area (Å²) in [6.07, 6.45) is 0.412. The van der Waals surface area contributed by atoms with E-state index in [0.29, 0.717) is 6.42 Å². The van der Waals surface area contributed by atoms with Crippen molar-refractivity contribution in [3.05, 3.63) is 0 Å². The van der Waals surface area contributed by atoms with Crippen molar-refractivity contribution in [3.63, 3.8) is 0 Å². The molecule has 0 spiro atoms. The van der Waals surface area contributed by atoms with Crippen molar-refractivity contribution in [1.29, 1.82) is 0 Å². The van der Waals surface area contributed by atoms with Crippen LogP contribution in [0.15, 0.2) is 0 Å². The van der Waals surface area contributed by atoms with Crippen LogP contribution in [0.5, 0.6) is 0 Å².